The first kappa shape index (κ1) is 16.8. The van der Waals surface area contributed by atoms with Gasteiger partial charge in [0.15, 0.2) is 5.78 Å². The number of carbonyl (C=O) groups excluding carboxylic acids is 1. The Morgan fingerprint density at radius 2 is 2.10 bits per heavy atom. The van der Waals surface area contributed by atoms with Crippen LogP contribution in [0.4, 0.5) is 0 Å². The molecule has 1 aromatic carbocycles. The molecule has 1 heterocycles. The van der Waals surface area contributed by atoms with Gasteiger partial charge in [0.2, 0.25) is 0 Å². The lowest BCUT2D eigenvalue weighted by Gasteiger charge is -2.28. The van der Waals surface area contributed by atoms with E-state index in [0.29, 0.717) is 28.1 Å². The number of likely N-dealkylation sites (tertiary alicyclic amines) is 1. The third-order valence-electron chi connectivity index (χ3n) is 4.35. The molecule has 1 fully saturated rings. The van der Waals surface area contributed by atoms with E-state index < -0.39 is 0 Å². The lowest BCUT2D eigenvalue weighted by molar-refractivity contribution is 0.0949. The zero-order valence-corrected chi connectivity index (χ0v) is 14.1. The smallest absolute Gasteiger partial charge is 0.165 e. The number of halogens is 2. The summed E-state index contributed by atoms with van der Waals surface area (Å²) in [6.07, 6.45) is 6.78. The van der Waals surface area contributed by atoms with E-state index in [0.717, 1.165) is 19.5 Å². The number of nitrogens with zero attached hydrogens (tertiary/aromatic N) is 1. The van der Waals surface area contributed by atoms with Crippen molar-refractivity contribution in [2.24, 2.45) is 0 Å². The van der Waals surface area contributed by atoms with Gasteiger partial charge in [0.05, 0.1) is 10.0 Å². The Morgan fingerprint density at radius 3 is 2.86 bits per heavy atom. The van der Waals surface area contributed by atoms with Crippen molar-refractivity contribution in [1.29, 1.82) is 0 Å². The molecule has 4 heteroatoms. The first-order valence-corrected chi connectivity index (χ1v) is 8.60. The number of benzene rings is 1. The molecule has 1 atom stereocenters. The van der Waals surface area contributed by atoms with Gasteiger partial charge in [0.1, 0.15) is 0 Å². The highest BCUT2D eigenvalue weighted by Gasteiger charge is 2.21. The van der Waals surface area contributed by atoms with E-state index in [1.165, 1.54) is 25.7 Å². The molecule has 0 amide bonds. The van der Waals surface area contributed by atoms with Crippen LogP contribution >= 0.6 is 23.2 Å². The standard InChI is InChI=1S/C17H23Cl2NO/c1-2-13-7-4-3-5-11-20(13)12-10-16(21)14-8-6-9-15(18)17(14)19/h6,8-9,13H,2-5,7,10-12H2,1H3. The predicted molar refractivity (Wildman–Crippen MR) is 89.5 cm³/mol. The van der Waals surface area contributed by atoms with Crippen LogP contribution in [0.15, 0.2) is 18.2 Å². The number of hydrogen-bond acceptors (Lipinski definition) is 2. The number of ketones is 1. The van der Waals surface area contributed by atoms with E-state index in [9.17, 15) is 4.79 Å². The summed E-state index contributed by atoms with van der Waals surface area (Å²) >= 11 is 12.1. The minimum absolute atomic E-state index is 0.0848. The van der Waals surface area contributed by atoms with E-state index in [1.54, 1.807) is 18.2 Å². The predicted octanol–water partition coefficient (Wildman–Crippen LogP) is 5.22. The molecule has 1 aliphatic heterocycles. The summed E-state index contributed by atoms with van der Waals surface area (Å²) in [5.41, 5.74) is 0.548. The summed E-state index contributed by atoms with van der Waals surface area (Å²) in [4.78, 5) is 14.8. The molecule has 1 saturated heterocycles. The number of rotatable bonds is 5. The van der Waals surface area contributed by atoms with Crippen molar-refractivity contribution in [2.45, 2.75) is 51.5 Å². The Hall–Kier alpha value is -0.570. The Labute approximate surface area is 137 Å². The molecule has 1 aliphatic rings. The van der Waals surface area contributed by atoms with Crippen molar-refractivity contribution in [3.05, 3.63) is 33.8 Å². The van der Waals surface area contributed by atoms with E-state index in [-0.39, 0.29) is 5.78 Å². The number of carbonyl (C=O) groups is 1. The minimum Gasteiger partial charge on any atom is -0.300 e. The summed E-state index contributed by atoms with van der Waals surface area (Å²) < 4.78 is 0. The van der Waals surface area contributed by atoms with Gasteiger partial charge in [-0.3, -0.25) is 9.69 Å². The maximum absolute atomic E-state index is 12.4. The van der Waals surface area contributed by atoms with Gasteiger partial charge in [-0.2, -0.15) is 0 Å². The second-order valence-electron chi connectivity index (χ2n) is 5.72. The van der Waals surface area contributed by atoms with Gasteiger partial charge in [-0.15, -0.1) is 0 Å². The fourth-order valence-corrected chi connectivity index (χ4v) is 3.50. The maximum Gasteiger partial charge on any atom is 0.165 e. The summed E-state index contributed by atoms with van der Waals surface area (Å²) in [7, 11) is 0. The van der Waals surface area contributed by atoms with Crippen molar-refractivity contribution in [2.75, 3.05) is 13.1 Å². The Balaban J connectivity index is 1.97. The molecule has 0 N–H and O–H groups in total. The Kier molecular flexibility index (Phi) is 6.53. The second-order valence-corrected chi connectivity index (χ2v) is 6.51. The largest absolute Gasteiger partial charge is 0.300 e. The zero-order valence-electron chi connectivity index (χ0n) is 12.6. The van der Waals surface area contributed by atoms with Crippen LogP contribution in [-0.4, -0.2) is 29.8 Å². The molecule has 0 aromatic heterocycles. The third-order valence-corrected chi connectivity index (χ3v) is 5.17. The van der Waals surface area contributed by atoms with Gasteiger partial charge in [-0.1, -0.05) is 49.0 Å². The fourth-order valence-electron chi connectivity index (χ4n) is 3.09. The zero-order chi connectivity index (χ0) is 15.2. The molecule has 21 heavy (non-hydrogen) atoms. The lowest BCUT2D eigenvalue weighted by Crippen LogP contribution is -2.36. The van der Waals surface area contributed by atoms with Crippen molar-refractivity contribution in [3.8, 4) is 0 Å². The van der Waals surface area contributed by atoms with Crippen LogP contribution in [0.3, 0.4) is 0 Å². The highest BCUT2D eigenvalue weighted by Crippen LogP contribution is 2.27. The van der Waals surface area contributed by atoms with Gasteiger partial charge in [-0.25, -0.2) is 0 Å². The second kappa shape index (κ2) is 8.17. The average Bonchev–Trinajstić information content (AvgIpc) is 2.72. The van der Waals surface area contributed by atoms with Gasteiger partial charge in [-0.05, 0) is 37.9 Å². The summed E-state index contributed by atoms with van der Waals surface area (Å²) in [5, 5.41) is 0.829. The molecule has 0 spiro atoms. The molecule has 0 saturated carbocycles. The van der Waals surface area contributed by atoms with Crippen LogP contribution in [0, 0.1) is 0 Å². The van der Waals surface area contributed by atoms with Crippen molar-refractivity contribution >= 4 is 29.0 Å². The summed E-state index contributed by atoms with van der Waals surface area (Å²) in [5.74, 6) is 0.0848. The summed E-state index contributed by atoms with van der Waals surface area (Å²) in [6.45, 7) is 4.16. The Bertz CT molecular complexity index is 490. The fraction of sp³-hybridized carbons (Fsp3) is 0.588. The quantitative estimate of drug-likeness (QED) is 0.691. The number of hydrogen-bond donors (Lipinski definition) is 0. The van der Waals surface area contributed by atoms with Crippen LogP contribution in [0.2, 0.25) is 10.0 Å². The lowest BCUT2D eigenvalue weighted by atomic mass is 10.1. The van der Waals surface area contributed by atoms with Gasteiger partial charge >= 0.3 is 0 Å². The Morgan fingerprint density at radius 1 is 1.29 bits per heavy atom. The van der Waals surface area contributed by atoms with Crippen LogP contribution in [0.1, 0.15) is 55.8 Å². The number of Topliss-reactive ketones (excluding diaryl/α,β-unsaturated/α-hetero) is 1. The van der Waals surface area contributed by atoms with E-state index in [1.807, 2.05) is 0 Å². The highest BCUT2D eigenvalue weighted by molar-refractivity contribution is 6.43. The van der Waals surface area contributed by atoms with Crippen molar-refractivity contribution in [1.82, 2.24) is 4.90 Å². The third kappa shape index (κ3) is 4.45. The first-order chi connectivity index (χ1) is 10.1. The molecule has 116 valence electrons. The van der Waals surface area contributed by atoms with E-state index in [4.69, 9.17) is 23.2 Å². The normalized spacial score (nSPS) is 20.2. The highest BCUT2D eigenvalue weighted by atomic mass is 35.5. The van der Waals surface area contributed by atoms with Gasteiger partial charge < -0.3 is 0 Å². The van der Waals surface area contributed by atoms with Crippen molar-refractivity contribution < 1.29 is 4.79 Å². The van der Waals surface area contributed by atoms with E-state index in [2.05, 4.69) is 11.8 Å². The van der Waals surface area contributed by atoms with Crippen LogP contribution in [-0.2, 0) is 0 Å². The van der Waals surface area contributed by atoms with E-state index >= 15 is 0 Å². The SMILES string of the molecule is CCC1CCCCCN1CCC(=O)c1cccc(Cl)c1Cl. The van der Waals surface area contributed by atoms with Crippen molar-refractivity contribution in [3.63, 3.8) is 0 Å². The molecule has 0 bridgehead atoms. The molecule has 1 aromatic rings. The summed E-state index contributed by atoms with van der Waals surface area (Å²) in [6, 6.07) is 5.87. The molecule has 1 unspecified atom stereocenters. The first-order valence-electron chi connectivity index (χ1n) is 7.84. The maximum atomic E-state index is 12.4. The molecular weight excluding hydrogens is 305 g/mol. The minimum atomic E-state index is 0.0848. The van der Waals surface area contributed by atoms with Crippen LogP contribution in [0.5, 0.6) is 0 Å². The monoisotopic (exact) mass is 327 g/mol. The topological polar surface area (TPSA) is 20.3 Å². The molecular formula is C17H23Cl2NO. The molecule has 2 nitrogen and oxygen atoms in total. The molecule has 0 aliphatic carbocycles. The average molecular weight is 328 g/mol. The molecule has 2 rings (SSSR count). The van der Waals surface area contributed by atoms with Crippen LogP contribution in [0.25, 0.3) is 0 Å². The molecule has 0 radical (unpaired) electrons. The van der Waals surface area contributed by atoms with Crippen LogP contribution < -0.4 is 0 Å². The van der Waals surface area contributed by atoms with Gasteiger partial charge in [0, 0.05) is 24.6 Å². The van der Waals surface area contributed by atoms with Gasteiger partial charge in [0.25, 0.3) is 0 Å².